The molecule has 0 radical (unpaired) electrons. The summed E-state index contributed by atoms with van der Waals surface area (Å²) < 4.78 is 5.04. The number of Topliss-reactive ketones (excluding diaryl/α,β-unsaturated/α-hetero) is 1. The van der Waals surface area contributed by atoms with Crippen molar-refractivity contribution in [2.75, 3.05) is 13.2 Å². The Kier molecular flexibility index (Phi) is 6.51. The zero-order valence-corrected chi connectivity index (χ0v) is 16.6. The van der Waals surface area contributed by atoms with Gasteiger partial charge < -0.3 is 4.74 Å². The topological polar surface area (TPSA) is 92.8 Å². The molecule has 29 heavy (non-hydrogen) atoms. The van der Waals surface area contributed by atoms with Crippen LogP contribution in [0.4, 0.5) is 0 Å². The summed E-state index contributed by atoms with van der Waals surface area (Å²) in [5.41, 5.74) is 3.14. The fourth-order valence-electron chi connectivity index (χ4n) is 2.74. The zero-order chi connectivity index (χ0) is 21.0. The van der Waals surface area contributed by atoms with Gasteiger partial charge in [0.2, 0.25) is 5.91 Å². The van der Waals surface area contributed by atoms with Crippen molar-refractivity contribution >= 4 is 46.8 Å². The van der Waals surface area contributed by atoms with E-state index in [0.29, 0.717) is 21.2 Å². The van der Waals surface area contributed by atoms with Crippen molar-refractivity contribution in [3.63, 3.8) is 0 Å². The molecule has 0 bridgehead atoms. The number of hydrogen-bond acceptors (Lipinski definition) is 5. The van der Waals surface area contributed by atoms with Gasteiger partial charge in [0.25, 0.3) is 5.91 Å². The van der Waals surface area contributed by atoms with E-state index in [1.165, 1.54) is 24.3 Å². The second-order valence-corrected chi connectivity index (χ2v) is 7.26. The second kappa shape index (κ2) is 9.07. The lowest BCUT2D eigenvalue weighted by molar-refractivity contribution is -0.147. The van der Waals surface area contributed by atoms with Gasteiger partial charge in [0.05, 0.1) is 12.5 Å². The SMILES string of the molecule is O=C(COC(=O)[C@@H]1CC(=O)N(NC(=O)c2ccc(Cl)cc2)C1)c1ccc(Cl)cc1. The number of rotatable bonds is 6. The number of carbonyl (C=O) groups excluding carboxylic acids is 4. The molecule has 2 aromatic carbocycles. The third-order valence-corrected chi connectivity index (χ3v) is 4.82. The summed E-state index contributed by atoms with van der Waals surface area (Å²) in [4.78, 5) is 48.6. The number of carbonyl (C=O) groups is 4. The van der Waals surface area contributed by atoms with Gasteiger partial charge in [-0.15, -0.1) is 0 Å². The second-order valence-electron chi connectivity index (χ2n) is 6.39. The highest BCUT2D eigenvalue weighted by Gasteiger charge is 2.36. The molecule has 2 aromatic rings. The lowest BCUT2D eigenvalue weighted by Gasteiger charge is -2.17. The van der Waals surface area contributed by atoms with Gasteiger partial charge in [0.1, 0.15) is 0 Å². The van der Waals surface area contributed by atoms with Gasteiger partial charge in [-0.1, -0.05) is 23.2 Å². The molecular weight excluding hydrogens is 419 g/mol. The molecule has 1 aliphatic heterocycles. The van der Waals surface area contributed by atoms with Crippen LogP contribution in [0, 0.1) is 5.92 Å². The van der Waals surface area contributed by atoms with E-state index < -0.39 is 30.3 Å². The van der Waals surface area contributed by atoms with E-state index >= 15 is 0 Å². The third kappa shape index (κ3) is 5.34. The minimum atomic E-state index is -0.772. The molecule has 1 aliphatic rings. The summed E-state index contributed by atoms with van der Waals surface area (Å²) in [7, 11) is 0. The van der Waals surface area contributed by atoms with E-state index in [0.717, 1.165) is 5.01 Å². The first-order valence-corrected chi connectivity index (χ1v) is 9.41. The molecule has 1 atom stereocenters. The number of ketones is 1. The summed E-state index contributed by atoms with van der Waals surface area (Å²) in [6.45, 7) is -0.478. The van der Waals surface area contributed by atoms with Crippen molar-refractivity contribution in [3.8, 4) is 0 Å². The monoisotopic (exact) mass is 434 g/mol. The molecule has 3 rings (SSSR count). The number of hydrazine groups is 1. The molecule has 0 spiro atoms. The van der Waals surface area contributed by atoms with Gasteiger partial charge in [0.15, 0.2) is 12.4 Å². The van der Waals surface area contributed by atoms with Gasteiger partial charge in [-0.3, -0.25) is 29.6 Å². The fraction of sp³-hybridized carbons (Fsp3) is 0.200. The Bertz CT molecular complexity index is 944. The Balaban J connectivity index is 1.51. The van der Waals surface area contributed by atoms with Crippen LogP contribution in [0.15, 0.2) is 48.5 Å². The average molecular weight is 435 g/mol. The van der Waals surface area contributed by atoms with Gasteiger partial charge >= 0.3 is 5.97 Å². The Labute approximate surface area is 176 Å². The van der Waals surface area contributed by atoms with E-state index in [2.05, 4.69) is 5.43 Å². The van der Waals surface area contributed by atoms with Crippen LogP contribution >= 0.6 is 23.2 Å². The highest BCUT2D eigenvalue weighted by Crippen LogP contribution is 2.19. The fourth-order valence-corrected chi connectivity index (χ4v) is 2.99. The minimum absolute atomic E-state index is 0.0356. The minimum Gasteiger partial charge on any atom is -0.457 e. The molecule has 7 nitrogen and oxygen atoms in total. The predicted molar refractivity (Wildman–Crippen MR) is 105 cm³/mol. The summed E-state index contributed by atoms with van der Waals surface area (Å²) >= 11 is 11.6. The van der Waals surface area contributed by atoms with Crippen LogP contribution in [0.3, 0.4) is 0 Å². The van der Waals surface area contributed by atoms with Crippen LogP contribution in [-0.4, -0.2) is 41.7 Å². The Morgan fingerprint density at radius 1 is 0.966 bits per heavy atom. The molecule has 0 aromatic heterocycles. The Hall–Kier alpha value is -2.90. The largest absolute Gasteiger partial charge is 0.457 e. The van der Waals surface area contributed by atoms with Crippen LogP contribution in [-0.2, 0) is 14.3 Å². The molecule has 0 aliphatic carbocycles. The maximum atomic E-state index is 12.2. The normalized spacial score (nSPS) is 15.9. The number of amides is 2. The smallest absolute Gasteiger partial charge is 0.311 e. The van der Waals surface area contributed by atoms with E-state index in [1.807, 2.05) is 0 Å². The van der Waals surface area contributed by atoms with Crippen molar-refractivity contribution in [3.05, 3.63) is 69.7 Å². The van der Waals surface area contributed by atoms with E-state index in [9.17, 15) is 19.2 Å². The number of nitrogens with one attached hydrogen (secondary N) is 1. The quantitative estimate of drug-likeness (QED) is 0.557. The van der Waals surface area contributed by atoms with Crippen molar-refractivity contribution in [1.29, 1.82) is 0 Å². The lowest BCUT2D eigenvalue weighted by Crippen LogP contribution is -2.43. The van der Waals surface area contributed by atoms with Crippen LogP contribution in [0.25, 0.3) is 0 Å². The van der Waals surface area contributed by atoms with E-state index in [4.69, 9.17) is 27.9 Å². The summed E-state index contributed by atoms with van der Waals surface area (Å²) in [6.07, 6.45) is -0.116. The molecule has 2 amide bonds. The number of ether oxygens (including phenoxy) is 1. The van der Waals surface area contributed by atoms with Crippen LogP contribution in [0.5, 0.6) is 0 Å². The average Bonchev–Trinajstić information content (AvgIpc) is 3.07. The van der Waals surface area contributed by atoms with Gasteiger partial charge in [-0.2, -0.15) is 0 Å². The van der Waals surface area contributed by atoms with Crippen molar-refractivity contribution in [2.24, 2.45) is 5.92 Å². The van der Waals surface area contributed by atoms with Crippen molar-refractivity contribution in [2.45, 2.75) is 6.42 Å². The summed E-state index contributed by atoms with van der Waals surface area (Å²) in [6, 6.07) is 12.3. The molecule has 0 unspecified atom stereocenters. The predicted octanol–water partition coefficient (Wildman–Crippen LogP) is 2.91. The standard InChI is InChI=1S/C20H16Cl2N2O5/c21-15-5-1-12(2-6-15)17(25)11-29-20(28)14-9-18(26)24(10-14)23-19(27)13-3-7-16(22)8-4-13/h1-8,14H,9-11H2,(H,23,27)/t14-/m1/s1. The molecule has 9 heteroatoms. The number of nitrogens with zero attached hydrogens (tertiary/aromatic N) is 1. The summed E-state index contributed by atoms with van der Waals surface area (Å²) in [5.74, 6) is -2.75. The molecule has 1 saturated heterocycles. The van der Waals surface area contributed by atoms with Crippen LogP contribution in [0.2, 0.25) is 10.0 Å². The number of hydrogen-bond donors (Lipinski definition) is 1. The van der Waals surface area contributed by atoms with Crippen molar-refractivity contribution in [1.82, 2.24) is 10.4 Å². The maximum Gasteiger partial charge on any atom is 0.311 e. The van der Waals surface area contributed by atoms with Gasteiger partial charge in [-0.25, -0.2) is 0 Å². The molecule has 0 saturated carbocycles. The summed E-state index contributed by atoms with van der Waals surface area (Å²) in [5, 5.41) is 2.04. The Morgan fingerprint density at radius 2 is 1.52 bits per heavy atom. The zero-order valence-electron chi connectivity index (χ0n) is 15.1. The van der Waals surface area contributed by atoms with Crippen molar-refractivity contribution < 1.29 is 23.9 Å². The third-order valence-electron chi connectivity index (χ3n) is 4.31. The first-order chi connectivity index (χ1) is 13.8. The molecule has 1 N–H and O–H groups in total. The Morgan fingerprint density at radius 3 is 2.10 bits per heavy atom. The molecular formula is C20H16Cl2N2O5. The maximum absolute atomic E-state index is 12.2. The molecule has 1 heterocycles. The van der Waals surface area contributed by atoms with E-state index in [1.54, 1.807) is 24.3 Å². The highest BCUT2D eigenvalue weighted by molar-refractivity contribution is 6.31. The lowest BCUT2D eigenvalue weighted by atomic mass is 10.1. The first-order valence-electron chi connectivity index (χ1n) is 8.66. The van der Waals surface area contributed by atoms with Gasteiger partial charge in [-0.05, 0) is 48.5 Å². The molecule has 1 fully saturated rings. The number of benzene rings is 2. The van der Waals surface area contributed by atoms with Crippen LogP contribution in [0.1, 0.15) is 27.1 Å². The van der Waals surface area contributed by atoms with Gasteiger partial charge in [0, 0.05) is 27.6 Å². The number of halogens is 2. The van der Waals surface area contributed by atoms with E-state index in [-0.39, 0.29) is 18.7 Å². The van der Waals surface area contributed by atoms with Crippen LogP contribution < -0.4 is 5.43 Å². The first kappa shape index (κ1) is 20.8. The highest BCUT2D eigenvalue weighted by atomic mass is 35.5. The number of esters is 1. The molecule has 150 valence electrons.